The lowest BCUT2D eigenvalue weighted by atomic mass is 9.97. The quantitative estimate of drug-likeness (QED) is 0.676. The van der Waals surface area contributed by atoms with Crippen LogP contribution in [-0.4, -0.2) is 55.7 Å². The van der Waals surface area contributed by atoms with Crippen molar-refractivity contribution in [3.05, 3.63) is 29.3 Å². The molecule has 1 heterocycles. The third kappa shape index (κ3) is 6.27. The molecule has 7 heteroatoms. The van der Waals surface area contributed by atoms with Crippen molar-refractivity contribution in [2.24, 2.45) is 5.92 Å². The Kier molecular flexibility index (Phi) is 7.64. The number of piperidine rings is 1. The number of hydrogen-bond acceptors (Lipinski definition) is 6. The molecule has 1 fully saturated rings. The van der Waals surface area contributed by atoms with E-state index in [2.05, 4.69) is 0 Å². The van der Waals surface area contributed by atoms with E-state index in [1.54, 1.807) is 17.9 Å². The van der Waals surface area contributed by atoms with E-state index in [0.717, 1.165) is 11.1 Å². The van der Waals surface area contributed by atoms with Gasteiger partial charge in [-0.3, -0.25) is 9.59 Å². The van der Waals surface area contributed by atoms with Crippen LogP contribution in [0.2, 0.25) is 0 Å². The first-order chi connectivity index (χ1) is 12.9. The third-order valence-corrected chi connectivity index (χ3v) is 4.66. The Morgan fingerprint density at radius 3 is 2.37 bits per heavy atom. The van der Waals surface area contributed by atoms with Gasteiger partial charge in [-0.1, -0.05) is 6.07 Å². The van der Waals surface area contributed by atoms with Gasteiger partial charge in [0.05, 0.1) is 12.5 Å². The van der Waals surface area contributed by atoms with Crippen LogP contribution in [0.15, 0.2) is 18.2 Å². The number of carbonyl (C=O) groups excluding carboxylic acids is 3. The number of amides is 1. The minimum absolute atomic E-state index is 0.164. The Morgan fingerprint density at radius 1 is 1.04 bits per heavy atom. The molecule has 1 aromatic rings. The fourth-order valence-electron chi connectivity index (χ4n) is 2.85. The SMILES string of the molecule is CCOC(=O)C1CCN(C(=O)COC(=O)COc2ccc(C)c(C)c2)CC1. The van der Waals surface area contributed by atoms with Crippen molar-refractivity contribution in [3.8, 4) is 5.75 Å². The van der Waals surface area contributed by atoms with Crippen LogP contribution in [-0.2, 0) is 23.9 Å². The summed E-state index contributed by atoms with van der Waals surface area (Å²) in [6, 6.07) is 5.55. The summed E-state index contributed by atoms with van der Waals surface area (Å²) in [7, 11) is 0. The lowest BCUT2D eigenvalue weighted by molar-refractivity contribution is -0.155. The van der Waals surface area contributed by atoms with Crippen molar-refractivity contribution >= 4 is 17.8 Å². The van der Waals surface area contributed by atoms with Gasteiger partial charge < -0.3 is 19.1 Å². The molecule has 1 aliphatic heterocycles. The molecule has 0 N–H and O–H groups in total. The highest BCUT2D eigenvalue weighted by molar-refractivity contribution is 5.81. The number of aryl methyl sites for hydroxylation is 2. The molecule has 27 heavy (non-hydrogen) atoms. The zero-order valence-electron chi connectivity index (χ0n) is 16.2. The van der Waals surface area contributed by atoms with Crippen LogP contribution in [0.3, 0.4) is 0 Å². The average molecular weight is 377 g/mol. The highest BCUT2D eigenvalue weighted by Gasteiger charge is 2.28. The summed E-state index contributed by atoms with van der Waals surface area (Å²) >= 11 is 0. The molecule has 1 saturated heterocycles. The second-order valence-corrected chi connectivity index (χ2v) is 6.60. The van der Waals surface area contributed by atoms with Crippen LogP contribution in [0.1, 0.15) is 30.9 Å². The largest absolute Gasteiger partial charge is 0.482 e. The molecule has 0 aliphatic carbocycles. The molecule has 1 aliphatic rings. The second kappa shape index (κ2) is 9.94. The summed E-state index contributed by atoms with van der Waals surface area (Å²) in [5, 5.41) is 0. The minimum Gasteiger partial charge on any atom is -0.482 e. The average Bonchev–Trinajstić information content (AvgIpc) is 2.67. The summed E-state index contributed by atoms with van der Waals surface area (Å²) in [6.07, 6.45) is 1.13. The molecule has 7 nitrogen and oxygen atoms in total. The Hall–Kier alpha value is -2.57. The number of likely N-dealkylation sites (tertiary alicyclic amines) is 1. The van der Waals surface area contributed by atoms with Crippen molar-refractivity contribution in [2.45, 2.75) is 33.6 Å². The van der Waals surface area contributed by atoms with E-state index >= 15 is 0 Å². The maximum absolute atomic E-state index is 12.2. The first-order valence-corrected chi connectivity index (χ1v) is 9.20. The van der Waals surface area contributed by atoms with Crippen LogP contribution >= 0.6 is 0 Å². The van der Waals surface area contributed by atoms with Crippen molar-refractivity contribution in [1.82, 2.24) is 4.90 Å². The molecule has 0 spiro atoms. The Labute approximate surface area is 159 Å². The second-order valence-electron chi connectivity index (χ2n) is 6.60. The van der Waals surface area contributed by atoms with E-state index in [0.29, 0.717) is 38.3 Å². The fourth-order valence-corrected chi connectivity index (χ4v) is 2.85. The van der Waals surface area contributed by atoms with Crippen LogP contribution < -0.4 is 4.74 Å². The van der Waals surface area contributed by atoms with E-state index in [9.17, 15) is 14.4 Å². The van der Waals surface area contributed by atoms with Crippen LogP contribution in [0.5, 0.6) is 5.75 Å². The Balaban J connectivity index is 1.68. The first kappa shape index (κ1) is 20.7. The third-order valence-electron chi connectivity index (χ3n) is 4.66. The molecule has 0 unspecified atom stereocenters. The molecule has 1 aromatic carbocycles. The lowest BCUT2D eigenvalue weighted by Gasteiger charge is -2.30. The number of carbonyl (C=O) groups is 3. The topological polar surface area (TPSA) is 82.1 Å². The first-order valence-electron chi connectivity index (χ1n) is 9.20. The van der Waals surface area contributed by atoms with Crippen molar-refractivity contribution in [3.63, 3.8) is 0 Å². The van der Waals surface area contributed by atoms with Gasteiger partial charge in [-0.25, -0.2) is 4.79 Å². The van der Waals surface area contributed by atoms with Gasteiger partial charge in [0, 0.05) is 13.1 Å². The predicted octanol–water partition coefficient (Wildman–Crippen LogP) is 2.03. The normalized spacial score (nSPS) is 14.6. The van der Waals surface area contributed by atoms with Gasteiger partial charge in [0.15, 0.2) is 13.2 Å². The fraction of sp³-hybridized carbons (Fsp3) is 0.550. The van der Waals surface area contributed by atoms with Gasteiger partial charge in [0.1, 0.15) is 5.75 Å². The van der Waals surface area contributed by atoms with E-state index in [-0.39, 0.29) is 31.0 Å². The van der Waals surface area contributed by atoms with Crippen LogP contribution in [0.25, 0.3) is 0 Å². The number of esters is 2. The Bertz CT molecular complexity index is 679. The molecule has 0 radical (unpaired) electrons. The number of nitrogens with zero attached hydrogens (tertiary/aromatic N) is 1. The van der Waals surface area contributed by atoms with Crippen molar-refractivity contribution in [1.29, 1.82) is 0 Å². The monoisotopic (exact) mass is 377 g/mol. The molecule has 1 amide bonds. The maximum atomic E-state index is 12.2. The van der Waals surface area contributed by atoms with E-state index < -0.39 is 5.97 Å². The zero-order chi connectivity index (χ0) is 19.8. The smallest absolute Gasteiger partial charge is 0.344 e. The van der Waals surface area contributed by atoms with Gasteiger partial charge in [-0.05, 0) is 56.9 Å². The summed E-state index contributed by atoms with van der Waals surface area (Å²) < 4.78 is 15.4. The molecule has 148 valence electrons. The van der Waals surface area contributed by atoms with Gasteiger partial charge in [-0.15, -0.1) is 0 Å². The zero-order valence-corrected chi connectivity index (χ0v) is 16.2. The van der Waals surface area contributed by atoms with Crippen LogP contribution in [0, 0.1) is 19.8 Å². The summed E-state index contributed by atoms with van der Waals surface area (Å²) in [5.41, 5.74) is 2.21. The highest BCUT2D eigenvalue weighted by Crippen LogP contribution is 2.19. The number of rotatable bonds is 7. The Morgan fingerprint density at radius 2 is 1.74 bits per heavy atom. The van der Waals surface area contributed by atoms with E-state index in [1.165, 1.54) is 0 Å². The molecule has 0 bridgehead atoms. The van der Waals surface area contributed by atoms with Gasteiger partial charge in [-0.2, -0.15) is 0 Å². The van der Waals surface area contributed by atoms with Crippen molar-refractivity contribution < 1.29 is 28.6 Å². The lowest BCUT2D eigenvalue weighted by Crippen LogP contribution is -2.42. The maximum Gasteiger partial charge on any atom is 0.344 e. The number of benzene rings is 1. The predicted molar refractivity (Wildman–Crippen MR) is 98.3 cm³/mol. The van der Waals surface area contributed by atoms with E-state index in [4.69, 9.17) is 14.2 Å². The standard InChI is InChI=1S/C20H27NO6/c1-4-25-20(24)16-7-9-21(10-8-16)18(22)12-27-19(23)13-26-17-6-5-14(2)15(3)11-17/h5-6,11,16H,4,7-10,12-13H2,1-3H3. The molecule has 0 saturated carbocycles. The molecule has 0 atom stereocenters. The summed E-state index contributed by atoms with van der Waals surface area (Å²) in [5.74, 6) is -0.648. The van der Waals surface area contributed by atoms with Gasteiger partial charge in [0.25, 0.3) is 5.91 Å². The minimum atomic E-state index is -0.594. The van der Waals surface area contributed by atoms with E-state index in [1.807, 2.05) is 26.0 Å². The summed E-state index contributed by atoms with van der Waals surface area (Å²) in [6.45, 7) is 6.43. The molecule has 0 aromatic heterocycles. The van der Waals surface area contributed by atoms with Crippen molar-refractivity contribution in [2.75, 3.05) is 32.9 Å². The van der Waals surface area contributed by atoms with Gasteiger partial charge in [0.2, 0.25) is 0 Å². The highest BCUT2D eigenvalue weighted by atomic mass is 16.6. The number of ether oxygens (including phenoxy) is 3. The molecular weight excluding hydrogens is 350 g/mol. The number of hydrogen-bond donors (Lipinski definition) is 0. The summed E-state index contributed by atoms with van der Waals surface area (Å²) in [4.78, 5) is 37.3. The van der Waals surface area contributed by atoms with Crippen LogP contribution in [0.4, 0.5) is 0 Å². The van der Waals surface area contributed by atoms with Gasteiger partial charge >= 0.3 is 11.9 Å². The molecular formula is C20H27NO6. The molecule has 2 rings (SSSR count).